The highest BCUT2D eigenvalue weighted by molar-refractivity contribution is 6.01. The number of nitrogens with one attached hydrogen (secondary N) is 1. The maximum Gasteiger partial charge on any atom is 0.340 e. The Bertz CT molecular complexity index is 587. The molecule has 0 bridgehead atoms. The Kier molecular flexibility index (Phi) is 8.53. The third kappa shape index (κ3) is 9.51. The summed E-state index contributed by atoms with van der Waals surface area (Å²) in [5, 5.41) is 2.28. The molecule has 23 heavy (non-hydrogen) atoms. The Morgan fingerprint density at radius 3 is 1.96 bits per heavy atom. The summed E-state index contributed by atoms with van der Waals surface area (Å²) >= 11 is 0. The van der Waals surface area contributed by atoms with Gasteiger partial charge in [-0.2, -0.15) is 0 Å². The van der Waals surface area contributed by atoms with Gasteiger partial charge in [-0.25, -0.2) is 14.4 Å². The SMILES string of the molecule is C=C(C)C(=O)OC(=O)/C=C/C(=O)NCCC(=O)OC(=O)C(=C)C. The highest BCUT2D eigenvalue weighted by atomic mass is 16.6. The maximum atomic E-state index is 11.3. The number of esters is 4. The summed E-state index contributed by atoms with van der Waals surface area (Å²) in [7, 11) is 0. The Balaban J connectivity index is 4.10. The number of amides is 1. The molecule has 0 saturated heterocycles. The van der Waals surface area contributed by atoms with Crippen LogP contribution in [0.1, 0.15) is 20.3 Å². The van der Waals surface area contributed by atoms with E-state index in [1.54, 1.807) is 0 Å². The van der Waals surface area contributed by atoms with E-state index >= 15 is 0 Å². The van der Waals surface area contributed by atoms with Crippen LogP contribution in [-0.2, 0) is 33.4 Å². The van der Waals surface area contributed by atoms with Crippen molar-refractivity contribution in [2.45, 2.75) is 20.3 Å². The predicted octanol–water partition coefficient (Wildman–Crippen LogP) is 0.341. The van der Waals surface area contributed by atoms with Crippen LogP contribution < -0.4 is 5.32 Å². The van der Waals surface area contributed by atoms with Crippen molar-refractivity contribution in [1.82, 2.24) is 5.32 Å². The third-order valence-corrected chi connectivity index (χ3v) is 2.10. The van der Waals surface area contributed by atoms with E-state index < -0.39 is 29.8 Å². The van der Waals surface area contributed by atoms with E-state index in [1.807, 2.05) is 0 Å². The zero-order valence-electron chi connectivity index (χ0n) is 12.8. The molecule has 0 aliphatic carbocycles. The average molecular weight is 323 g/mol. The molecule has 0 aliphatic rings. The van der Waals surface area contributed by atoms with Crippen molar-refractivity contribution in [1.29, 1.82) is 0 Å². The lowest BCUT2D eigenvalue weighted by Crippen LogP contribution is -2.26. The molecule has 0 saturated carbocycles. The third-order valence-electron chi connectivity index (χ3n) is 2.10. The number of hydrogen-bond acceptors (Lipinski definition) is 7. The van der Waals surface area contributed by atoms with Crippen molar-refractivity contribution in [2.75, 3.05) is 6.54 Å². The van der Waals surface area contributed by atoms with Crippen LogP contribution in [0.2, 0.25) is 0 Å². The first-order valence-corrected chi connectivity index (χ1v) is 6.41. The standard InChI is InChI=1S/C15H17NO7/c1-9(2)14(20)22-12(18)6-5-11(17)16-8-7-13(19)23-15(21)10(3)4/h5-6H,1,3,7-8H2,2,4H3,(H,16,17)/b6-5+. The summed E-state index contributed by atoms with van der Waals surface area (Å²) in [6.45, 7) is 9.25. The Hall–Kier alpha value is -3.03. The molecule has 1 N–H and O–H groups in total. The molecule has 0 heterocycles. The molecule has 0 unspecified atom stereocenters. The molecular weight excluding hydrogens is 306 g/mol. The predicted molar refractivity (Wildman–Crippen MR) is 78.6 cm³/mol. The molecule has 0 spiro atoms. The van der Waals surface area contributed by atoms with Crippen LogP contribution in [0.25, 0.3) is 0 Å². The molecule has 0 radical (unpaired) electrons. The molecule has 0 aliphatic heterocycles. The Morgan fingerprint density at radius 2 is 1.43 bits per heavy atom. The van der Waals surface area contributed by atoms with Gasteiger partial charge in [0.05, 0.1) is 6.42 Å². The monoisotopic (exact) mass is 323 g/mol. The van der Waals surface area contributed by atoms with E-state index in [9.17, 15) is 24.0 Å². The number of rotatable bonds is 7. The van der Waals surface area contributed by atoms with Crippen molar-refractivity contribution in [3.8, 4) is 0 Å². The van der Waals surface area contributed by atoms with Gasteiger partial charge in [-0.1, -0.05) is 13.2 Å². The van der Waals surface area contributed by atoms with Crippen LogP contribution >= 0.6 is 0 Å². The number of carbonyl (C=O) groups is 5. The van der Waals surface area contributed by atoms with Gasteiger partial charge in [-0.15, -0.1) is 0 Å². The Morgan fingerprint density at radius 1 is 0.913 bits per heavy atom. The fourth-order valence-corrected chi connectivity index (χ4v) is 0.944. The van der Waals surface area contributed by atoms with E-state index in [0.717, 1.165) is 12.2 Å². The summed E-state index contributed by atoms with van der Waals surface area (Å²) in [5.41, 5.74) is 0.118. The van der Waals surface area contributed by atoms with Crippen molar-refractivity contribution in [3.05, 3.63) is 36.5 Å². The van der Waals surface area contributed by atoms with Gasteiger partial charge in [0.1, 0.15) is 0 Å². The van der Waals surface area contributed by atoms with Crippen molar-refractivity contribution >= 4 is 29.8 Å². The molecule has 0 fully saturated rings. The van der Waals surface area contributed by atoms with Gasteiger partial charge < -0.3 is 14.8 Å². The summed E-state index contributed by atoms with van der Waals surface area (Å²) in [4.78, 5) is 55.8. The van der Waals surface area contributed by atoms with Crippen LogP contribution in [0.5, 0.6) is 0 Å². The summed E-state index contributed by atoms with van der Waals surface area (Å²) in [6, 6.07) is 0. The highest BCUT2D eigenvalue weighted by Crippen LogP contribution is 1.95. The molecule has 0 atom stereocenters. The Labute approximate surface area is 132 Å². The molecule has 0 aromatic heterocycles. The number of carbonyl (C=O) groups excluding carboxylic acids is 5. The lowest BCUT2D eigenvalue weighted by molar-refractivity contribution is -0.157. The summed E-state index contributed by atoms with van der Waals surface area (Å²) in [6.07, 6.45) is 1.34. The molecule has 0 aromatic carbocycles. The molecule has 8 heteroatoms. The van der Waals surface area contributed by atoms with Crippen molar-refractivity contribution in [2.24, 2.45) is 0 Å². The second kappa shape index (κ2) is 9.82. The fourth-order valence-electron chi connectivity index (χ4n) is 0.944. The lowest BCUT2D eigenvalue weighted by Gasteiger charge is -2.03. The average Bonchev–Trinajstić information content (AvgIpc) is 2.44. The van der Waals surface area contributed by atoms with Gasteiger partial charge in [0.25, 0.3) is 0 Å². The van der Waals surface area contributed by atoms with E-state index in [4.69, 9.17) is 0 Å². The second-order valence-corrected chi connectivity index (χ2v) is 4.41. The first kappa shape index (κ1) is 20.0. The molecule has 0 aromatic rings. The minimum absolute atomic E-state index is 0.0408. The van der Waals surface area contributed by atoms with Crippen LogP contribution in [0, 0.1) is 0 Å². The molecule has 124 valence electrons. The van der Waals surface area contributed by atoms with Crippen LogP contribution in [0.4, 0.5) is 0 Å². The van der Waals surface area contributed by atoms with E-state index in [0.29, 0.717) is 0 Å². The summed E-state index contributed by atoms with van der Waals surface area (Å²) in [5.74, 6) is -4.28. The topological polar surface area (TPSA) is 116 Å². The molecule has 0 rings (SSSR count). The van der Waals surface area contributed by atoms with Crippen LogP contribution in [0.3, 0.4) is 0 Å². The zero-order chi connectivity index (χ0) is 18.0. The van der Waals surface area contributed by atoms with Gasteiger partial charge >= 0.3 is 23.9 Å². The largest absolute Gasteiger partial charge is 0.390 e. The van der Waals surface area contributed by atoms with E-state index in [1.165, 1.54) is 13.8 Å². The van der Waals surface area contributed by atoms with Gasteiger partial charge in [0.15, 0.2) is 0 Å². The van der Waals surface area contributed by atoms with Gasteiger partial charge in [-0.3, -0.25) is 9.59 Å². The minimum Gasteiger partial charge on any atom is -0.390 e. The van der Waals surface area contributed by atoms with Crippen molar-refractivity contribution < 1.29 is 33.4 Å². The first-order chi connectivity index (χ1) is 10.6. The van der Waals surface area contributed by atoms with Gasteiger partial charge in [-0.05, 0) is 13.8 Å². The van der Waals surface area contributed by atoms with E-state index in [2.05, 4.69) is 27.9 Å². The summed E-state index contributed by atoms with van der Waals surface area (Å²) < 4.78 is 8.70. The first-order valence-electron chi connectivity index (χ1n) is 6.41. The number of hydrogen-bond donors (Lipinski definition) is 1. The zero-order valence-corrected chi connectivity index (χ0v) is 12.8. The van der Waals surface area contributed by atoms with Crippen LogP contribution in [-0.4, -0.2) is 36.3 Å². The minimum atomic E-state index is -1.03. The number of ether oxygens (including phenoxy) is 2. The van der Waals surface area contributed by atoms with Crippen LogP contribution in [0.15, 0.2) is 36.5 Å². The normalized spacial score (nSPS) is 9.83. The van der Waals surface area contributed by atoms with Gasteiger partial charge in [0, 0.05) is 29.8 Å². The highest BCUT2D eigenvalue weighted by Gasteiger charge is 2.11. The molecular formula is C15H17NO7. The smallest absolute Gasteiger partial charge is 0.340 e. The second-order valence-electron chi connectivity index (χ2n) is 4.41. The molecule has 1 amide bonds. The van der Waals surface area contributed by atoms with E-state index in [-0.39, 0.29) is 24.1 Å². The van der Waals surface area contributed by atoms with Crippen molar-refractivity contribution in [3.63, 3.8) is 0 Å². The lowest BCUT2D eigenvalue weighted by atomic mass is 10.3. The quantitative estimate of drug-likeness (QED) is 0.408. The molecule has 8 nitrogen and oxygen atoms in total. The maximum absolute atomic E-state index is 11.3. The fraction of sp³-hybridized carbons (Fsp3) is 0.267. The van der Waals surface area contributed by atoms with Gasteiger partial charge in [0.2, 0.25) is 5.91 Å².